The number of rotatable bonds is 9. The Hall–Kier alpha value is -2.03. The first-order chi connectivity index (χ1) is 16.5. The summed E-state index contributed by atoms with van der Waals surface area (Å²) in [6.45, 7) is 9.64. The molecule has 3 aliphatic rings. The van der Waals surface area contributed by atoms with Gasteiger partial charge in [-0.25, -0.2) is 0 Å². The van der Waals surface area contributed by atoms with E-state index in [4.69, 9.17) is 11.6 Å². The highest BCUT2D eigenvalue weighted by Crippen LogP contribution is 2.71. The van der Waals surface area contributed by atoms with E-state index >= 15 is 0 Å². The quantitative estimate of drug-likeness (QED) is 0.480. The van der Waals surface area contributed by atoms with Crippen LogP contribution in [-0.2, 0) is 14.4 Å². The molecule has 0 radical (unpaired) electrons. The molecule has 2 bridgehead atoms. The molecular formula is C26H33ClN2O5S. The minimum atomic E-state index is -1.00. The second-order valence-electron chi connectivity index (χ2n) is 10.5. The molecule has 3 heterocycles. The van der Waals surface area contributed by atoms with Gasteiger partial charge < -0.3 is 20.0 Å². The van der Waals surface area contributed by atoms with E-state index in [2.05, 4.69) is 6.58 Å². The van der Waals surface area contributed by atoms with Crippen LogP contribution >= 0.6 is 23.4 Å². The summed E-state index contributed by atoms with van der Waals surface area (Å²) in [6.07, 6.45) is 3.33. The van der Waals surface area contributed by atoms with Gasteiger partial charge in [0.2, 0.25) is 5.91 Å². The number of likely N-dealkylation sites (tertiary alicyclic amines) is 1. The molecule has 6 atom stereocenters. The second-order valence-corrected chi connectivity index (χ2v) is 12.8. The molecule has 190 valence electrons. The van der Waals surface area contributed by atoms with Crippen molar-refractivity contribution in [1.82, 2.24) is 4.90 Å². The Morgan fingerprint density at radius 1 is 1.31 bits per heavy atom. The molecular weight excluding hydrogens is 488 g/mol. The van der Waals surface area contributed by atoms with Crippen molar-refractivity contribution in [3.05, 3.63) is 41.9 Å². The van der Waals surface area contributed by atoms with E-state index in [0.717, 1.165) is 0 Å². The first-order valence-electron chi connectivity index (χ1n) is 12.0. The number of aliphatic hydroxyl groups is 1. The minimum Gasteiger partial charge on any atom is -0.481 e. The molecule has 3 aliphatic heterocycles. The average molecular weight is 521 g/mol. The minimum absolute atomic E-state index is 0.172. The van der Waals surface area contributed by atoms with Gasteiger partial charge in [-0.1, -0.05) is 31.5 Å². The van der Waals surface area contributed by atoms with E-state index in [1.807, 2.05) is 20.8 Å². The Morgan fingerprint density at radius 3 is 2.51 bits per heavy atom. The molecule has 3 fully saturated rings. The summed E-state index contributed by atoms with van der Waals surface area (Å²) in [6, 6.07) is 5.44. The van der Waals surface area contributed by atoms with Crippen LogP contribution in [-0.4, -0.2) is 67.6 Å². The fourth-order valence-corrected chi connectivity index (χ4v) is 8.91. The van der Waals surface area contributed by atoms with E-state index in [1.165, 1.54) is 16.7 Å². The highest BCUT2D eigenvalue weighted by atomic mass is 35.5. The van der Waals surface area contributed by atoms with E-state index in [-0.39, 0.29) is 30.9 Å². The summed E-state index contributed by atoms with van der Waals surface area (Å²) in [7, 11) is 0. The number of aliphatic carboxylic acids is 1. The van der Waals surface area contributed by atoms with E-state index in [1.54, 1.807) is 35.2 Å². The van der Waals surface area contributed by atoms with Gasteiger partial charge >= 0.3 is 5.97 Å². The number of thioether (sulfide) groups is 1. The largest absolute Gasteiger partial charge is 0.481 e. The third-order valence-electron chi connectivity index (χ3n) is 7.78. The van der Waals surface area contributed by atoms with E-state index in [9.17, 15) is 24.6 Å². The number of fused-ring (bicyclic) bond motifs is 1. The van der Waals surface area contributed by atoms with Crippen molar-refractivity contribution in [2.75, 3.05) is 18.1 Å². The zero-order valence-electron chi connectivity index (χ0n) is 20.3. The lowest BCUT2D eigenvalue weighted by atomic mass is 9.66. The number of anilines is 1. The van der Waals surface area contributed by atoms with Gasteiger partial charge in [-0.05, 0) is 56.4 Å². The van der Waals surface area contributed by atoms with Crippen molar-refractivity contribution in [1.29, 1.82) is 0 Å². The summed E-state index contributed by atoms with van der Waals surface area (Å²) in [5.41, 5.74) is 0.620. The van der Waals surface area contributed by atoms with Crippen LogP contribution < -0.4 is 4.90 Å². The van der Waals surface area contributed by atoms with Crippen molar-refractivity contribution in [3.8, 4) is 0 Å². The molecule has 0 saturated carbocycles. The van der Waals surface area contributed by atoms with Crippen LogP contribution in [0.1, 0.15) is 40.0 Å². The lowest BCUT2D eigenvalue weighted by Gasteiger charge is -2.40. The van der Waals surface area contributed by atoms with Crippen LogP contribution in [0.3, 0.4) is 0 Å². The van der Waals surface area contributed by atoms with E-state index < -0.39 is 39.4 Å². The lowest BCUT2D eigenvalue weighted by molar-refractivity contribution is -0.150. The van der Waals surface area contributed by atoms with Crippen molar-refractivity contribution < 1.29 is 24.6 Å². The Balaban J connectivity index is 1.85. The zero-order chi connectivity index (χ0) is 25.7. The molecule has 0 aromatic heterocycles. The van der Waals surface area contributed by atoms with Crippen LogP contribution in [0, 0.1) is 17.8 Å². The Bertz CT molecular complexity index is 1030. The summed E-state index contributed by atoms with van der Waals surface area (Å²) < 4.78 is -1.48. The summed E-state index contributed by atoms with van der Waals surface area (Å²) >= 11 is 7.56. The molecule has 3 saturated heterocycles. The normalized spacial score (nSPS) is 32.1. The van der Waals surface area contributed by atoms with Gasteiger partial charge in [0.05, 0.1) is 29.2 Å². The number of hydrogen-bond donors (Lipinski definition) is 2. The molecule has 7 nitrogen and oxygen atoms in total. The summed E-state index contributed by atoms with van der Waals surface area (Å²) in [5, 5.41) is 21.0. The number of amides is 2. The molecule has 4 rings (SSSR count). The summed E-state index contributed by atoms with van der Waals surface area (Å²) in [4.78, 5) is 43.9. The van der Waals surface area contributed by atoms with Gasteiger partial charge in [0.1, 0.15) is 6.04 Å². The number of carboxylic acids is 1. The van der Waals surface area contributed by atoms with Crippen molar-refractivity contribution in [2.45, 2.75) is 61.6 Å². The molecule has 1 aromatic rings. The maximum atomic E-state index is 14.4. The maximum absolute atomic E-state index is 14.4. The third-order valence-corrected chi connectivity index (χ3v) is 10.0. The second kappa shape index (κ2) is 9.45. The predicted octanol–water partition coefficient (Wildman–Crippen LogP) is 3.83. The highest BCUT2D eigenvalue weighted by molar-refractivity contribution is 8.02. The monoisotopic (exact) mass is 520 g/mol. The van der Waals surface area contributed by atoms with E-state index in [0.29, 0.717) is 30.0 Å². The molecule has 35 heavy (non-hydrogen) atoms. The fourth-order valence-electron chi connectivity index (χ4n) is 6.45. The SMILES string of the molecule is C=CCN(C(=O)C1N([C@@H](CO)CC(C)C)C(=O)[C@@H]2[C@@H](C(=O)O)[C@@]3(C)CCC12S3)c1ccc(Cl)cc1. The fraction of sp³-hybridized carbons (Fsp3) is 0.577. The number of halogens is 1. The predicted molar refractivity (Wildman–Crippen MR) is 138 cm³/mol. The number of carbonyl (C=O) groups is 3. The van der Waals surface area contributed by atoms with Crippen LogP contribution in [0.4, 0.5) is 5.69 Å². The number of benzene rings is 1. The van der Waals surface area contributed by atoms with Crippen molar-refractivity contribution in [3.63, 3.8) is 0 Å². The average Bonchev–Trinajstić information content (AvgIpc) is 3.37. The van der Waals surface area contributed by atoms with Crippen LogP contribution in [0.15, 0.2) is 36.9 Å². The first-order valence-corrected chi connectivity index (χ1v) is 13.2. The molecule has 1 spiro atoms. The Labute approximate surface area is 215 Å². The van der Waals surface area contributed by atoms with Crippen LogP contribution in [0.2, 0.25) is 5.02 Å². The molecule has 0 aliphatic carbocycles. The number of carboxylic acid groups (broad SMARTS) is 1. The zero-order valence-corrected chi connectivity index (χ0v) is 21.9. The van der Waals surface area contributed by atoms with Gasteiger partial charge in [0, 0.05) is 22.0 Å². The van der Waals surface area contributed by atoms with Crippen LogP contribution in [0.25, 0.3) is 0 Å². The van der Waals surface area contributed by atoms with Crippen LogP contribution in [0.5, 0.6) is 0 Å². The Kier molecular flexibility index (Phi) is 7.03. The molecule has 2 unspecified atom stereocenters. The van der Waals surface area contributed by atoms with Gasteiger partial charge in [-0.15, -0.1) is 18.3 Å². The van der Waals surface area contributed by atoms with Crippen molar-refractivity contribution in [2.24, 2.45) is 17.8 Å². The smallest absolute Gasteiger partial charge is 0.308 e. The summed E-state index contributed by atoms with van der Waals surface area (Å²) in [5.74, 6) is -3.14. The number of nitrogens with zero attached hydrogens (tertiary/aromatic N) is 2. The lowest BCUT2D eigenvalue weighted by Crippen LogP contribution is -2.57. The number of carbonyl (C=O) groups excluding carboxylic acids is 2. The van der Waals surface area contributed by atoms with Gasteiger partial charge in [-0.2, -0.15) is 0 Å². The topological polar surface area (TPSA) is 98.2 Å². The Morgan fingerprint density at radius 2 is 1.97 bits per heavy atom. The van der Waals surface area contributed by atoms with Gasteiger partial charge in [0.15, 0.2) is 0 Å². The van der Waals surface area contributed by atoms with Gasteiger partial charge in [0.25, 0.3) is 5.91 Å². The molecule has 1 aromatic carbocycles. The molecule has 2 amide bonds. The first kappa shape index (κ1) is 26.0. The highest BCUT2D eigenvalue weighted by Gasteiger charge is 2.78. The number of hydrogen-bond acceptors (Lipinski definition) is 5. The van der Waals surface area contributed by atoms with Crippen molar-refractivity contribution >= 4 is 46.8 Å². The van der Waals surface area contributed by atoms with Gasteiger partial charge in [-0.3, -0.25) is 14.4 Å². The third kappa shape index (κ3) is 4.07. The maximum Gasteiger partial charge on any atom is 0.308 e. The standard InChI is InChI=1S/C26H33ClN2O5S/c1-5-12-28(17-8-6-16(27)7-9-17)23(32)21-26-11-10-25(4,35-26)20(24(33)34)19(26)22(31)29(21)18(14-30)13-15(2)3/h5-9,15,18-21,30H,1,10-14H2,2-4H3,(H,33,34)/t18-,19+,20+,21?,25-,26?/m1/s1. The molecule has 2 N–H and O–H groups in total. The molecule has 9 heteroatoms. The number of aliphatic hydroxyl groups excluding tert-OH is 1.